The van der Waals surface area contributed by atoms with Gasteiger partial charge < -0.3 is 0 Å². The second kappa shape index (κ2) is 1310. The maximum absolute atomic E-state index is 0. The molecule has 0 saturated carbocycles. The van der Waals surface area contributed by atoms with E-state index in [1.54, 1.807) is 0 Å². The molecule has 0 N–H and O–H groups in total. The first-order chi connectivity index (χ1) is 0. The molecule has 0 bridgehead atoms. The minimum Gasteiger partial charge on any atom is 0 e. The summed E-state index contributed by atoms with van der Waals surface area (Å²) >= 11 is 0. The average Bonchev–Trinajstić information content (AvgIpc) is 0. The Bertz CT molecular complexity index is 246. The van der Waals surface area contributed by atoms with Crippen LogP contribution < -0.4 is 0 Å². The third kappa shape index (κ3) is 1300. The van der Waals surface area contributed by atoms with Crippen molar-refractivity contribution in [3.8, 4) is 0 Å². The van der Waals surface area contributed by atoms with E-state index in [4.69, 9.17) is 0 Å². The predicted octanol–water partition coefficient (Wildman–Crippen LogP) is -89.9. The maximum Gasteiger partial charge on any atom is 0.316 e. The van der Waals surface area contributed by atoms with Crippen molar-refractivity contribution in [1.82, 2.24) is 0 Å². The molecule has 142 heteroatoms. The molecule has 788 valence electrons. The van der Waals surface area contributed by atoms with Gasteiger partial charge in [-0.25, -0.2) is 0 Å². The van der Waals surface area contributed by atoms with Gasteiger partial charge in [0.2, 0.25) is 0 Å². The van der Waals surface area contributed by atoms with Gasteiger partial charge in [0, 0.05) is 738 Å². The normalized spacial score (nSPS) is 0. The second-order valence-corrected chi connectivity index (χ2v) is 0. The fraction of sp³-hybridized carbons (Fsp3) is 0. The van der Waals surface area contributed by atoms with Crippen LogP contribution in [-0.4, -0.2) is 2580 Å². The van der Waals surface area contributed by atoms with Gasteiger partial charge in [-0.3, -0.25) is 0 Å². The van der Waals surface area contributed by atoms with Crippen LogP contribution in [-0.2, 0) is 738 Å². The topological polar surface area (TPSA) is 0 Å². The van der Waals surface area contributed by atoms with Crippen LogP contribution in [0.4, 0.5) is 0 Å². The van der Waals surface area contributed by atoms with Crippen LogP contribution in [0.15, 0.2) is 0 Å². The summed E-state index contributed by atoms with van der Waals surface area (Å²) in [6, 6.07) is 0. The van der Waals surface area contributed by atoms with Crippen molar-refractivity contribution < 1.29 is 738 Å². The van der Waals surface area contributed by atoms with E-state index in [-0.39, 0.29) is 3320 Å². The first kappa shape index (κ1) is 1330. The quantitative estimate of drug-likeness (QED) is 0.212. The van der Waals surface area contributed by atoms with Crippen molar-refractivity contribution in [1.29, 1.82) is 0 Å². The van der Waals surface area contributed by atoms with Gasteiger partial charge >= 0.3 is 2580 Å². The standard InChI is InChI=1S/22Ca.22Fe.76Mg.22Ni.196H. The third-order valence-electron chi connectivity index (χ3n) is 0. The van der Waals surface area contributed by atoms with E-state index in [0.717, 1.165) is 0 Å². The maximum atomic E-state index is 0. The molecule has 0 radical (unpaired) electrons. The summed E-state index contributed by atoms with van der Waals surface area (Å²) in [5, 5.41) is 0. The number of hydrogen-bond donors (Lipinski definition) is 0. The van der Waals surface area contributed by atoms with Crippen LogP contribution >= 0.6 is 0 Å². The number of rotatable bonds is 0. The molecule has 0 heterocycles. The Hall–Kier alpha value is 108. The van der Waals surface area contributed by atoms with Gasteiger partial charge in [0.05, 0.1) is 0 Å². The van der Waals surface area contributed by atoms with Gasteiger partial charge in [-0.2, -0.15) is 0 Å². The molecule has 0 atom stereocenters. The van der Waals surface area contributed by atoms with Crippen molar-refractivity contribution in [3.05, 3.63) is 0 Å². The van der Waals surface area contributed by atoms with Crippen LogP contribution in [0.25, 0.3) is 0 Å². The SMILES string of the molecule is [CaH2].[CaH2].[CaH2].[CaH2].[CaH2].[CaH2].[CaH2].[CaH2].[CaH2].[CaH2].[CaH2].[CaH2].[CaH2].[CaH2].[CaH2].[CaH2].[CaH2].[CaH2].[CaH2].[CaH2].[CaH2].[CaH2].[Fe].[Fe].[Fe].[Fe].[Fe].[Fe].[Fe].[Fe].[Fe].[Fe].[Fe].[Fe].[Fe].[Fe].[Fe].[Fe].[Fe].[Fe].[Fe].[Fe].[Fe].[Fe].[MgH2].[MgH2].[MgH2].[MgH2].[MgH2].[MgH2].[MgH2].[MgH2].[MgH2].[MgH2].[MgH2].[MgH2].[MgH2].[MgH2].[MgH2].[MgH2].[MgH2].[MgH2].[MgH2].[MgH2].[MgH2].[MgH2].[MgH2].[MgH2].[MgH2].[MgH2].[MgH2].[MgH2].[MgH2].[MgH2].[MgH2].[MgH2].[MgH2].[MgH2].[MgH2].[MgH2].[MgH2].[MgH2].[MgH2].[MgH2].[MgH2].[MgH2].[MgH2].[MgH2].[MgH2].[MgH2].[MgH2].[MgH2].[MgH2].[MgH2].[MgH2].[MgH2].[MgH2].[MgH2].[MgH2].[MgH2].[MgH2].[MgH2].[MgH2].[MgH2].[MgH2].[MgH2].[MgH2].[MgH2].[MgH2].[MgH2].[MgH2].[MgH2].[MgH2].[MgH2].[MgH2].[MgH2].[MgH2].[MgH2].[MgH2].[MgH2].[Ni].[Ni].[Ni].[Ni].[Ni].[Ni].[Ni].[Ni].[Ni].[Ni].[Ni].[Ni].[Ni].[Ni].[Ni].[Ni].[Ni].[Ni].[Ni].[Ni].[Ni].[Ni]. The van der Waals surface area contributed by atoms with E-state index in [1.807, 2.05) is 0 Å². The predicted molar refractivity (Wildman–Crippen MR) is 837 cm³/mol. The monoisotopic (exact) mass is 5400 g/mol. The summed E-state index contributed by atoms with van der Waals surface area (Å²) in [6.07, 6.45) is 0. The molecular formula is H196Ca22Fe22Mg76Ni22. The molecule has 0 aliphatic heterocycles. The summed E-state index contributed by atoms with van der Waals surface area (Å²) in [5.74, 6) is 0. The molecule has 0 aromatic carbocycles. The van der Waals surface area contributed by atoms with Crippen molar-refractivity contribution in [2.75, 3.05) is 0 Å². The van der Waals surface area contributed by atoms with E-state index in [0.29, 0.717) is 0 Å². The molecule has 142 heavy (non-hydrogen) atoms. The minimum atomic E-state index is 0. The fourth-order valence-corrected chi connectivity index (χ4v) is 0. The smallest absolute Gasteiger partial charge is 0 e. The molecule has 0 saturated heterocycles. The molecule has 0 nitrogen and oxygen atoms in total. The van der Waals surface area contributed by atoms with E-state index >= 15 is 0 Å². The second-order valence-electron chi connectivity index (χ2n) is 0. The molecule has 0 amide bonds. The van der Waals surface area contributed by atoms with Gasteiger partial charge in [0.1, 0.15) is 0 Å². The summed E-state index contributed by atoms with van der Waals surface area (Å²) in [5.41, 5.74) is 0. The van der Waals surface area contributed by atoms with Crippen LogP contribution in [0.3, 0.4) is 0 Å². The van der Waals surface area contributed by atoms with Crippen LogP contribution in [0.5, 0.6) is 0 Å². The van der Waals surface area contributed by atoms with Crippen LogP contribution in [0.2, 0.25) is 0 Å². The van der Waals surface area contributed by atoms with Crippen LogP contribution in [0, 0.1) is 0 Å². The zero-order chi connectivity index (χ0) is 0. The largest absolute Gasteiger partial charge is 0.316 e. The molecule has 0 aromatic rings. The fourth-order valence-electron chi connectivity index (χ4n) is 0. The Kier molecular flexibility index (Phi) is 12300. The van der Waals surface area contributed by atoms with Gasteiger partial charge in [0.15, 0.2) is 0 Å². The Morgan fingerprint density at radius 2 is 0.0282 bits per heavy atom. The van der Waals surface area contributed by atoms with Crippen molar-refractivity contribution >= 4 is 2580 Å². The van der Waals surface area contributed by atoms with Gasteiger partial charge in [-0.15, -0.1) is 0 Å². The van der Waals surface area contributed by atoms with Crippen molar-refractivity contribution in [3.63, 3.8) is 0 Å². The van der Waals surface area contributed by atoms with Gasteiger partial charge in [-0.1, -0.05) is 0 Å². The Morgan fingerprint density at radius 1 is 0.0282 bits per heavy atom. The number of hydrogen-bond acceptors (Lipinski definition) is 0. The van der Waals surface area contributed by atoms with E-state index in [9.17, 15) is 0 Å². The molecular weight excluding hydrogens is 5250 g/mol. The summed E-state index contributed by atoms with van der Waals surface area (Å²) in [7, 11) is 0. The molecule has 0 aliphatic carbocycles. The Balaban J connectivity index is 0. The Labute approximate surface area is 3210 Å². The summed E-state index contributed by atoms with van der Waals surface area (Å²) in [4.78, 5) is 0. The zero-order valence-electron chi connectivity index (χ0n) is 14.7. The average molecular weight is 5450 g/mol. The third-order valence-corrected chi connectivity index (χ3v) is 0. The van der Waals surface area contributed by atoms with Gasteiger partial charge in [-0.05, 0) is 0 Å². The van der Waals surface area contributed by atoms with Crippen LogP contribution in [0.1, 0.15) is 0 Å². The first-order valence-electron chi connectivity index (χ1n) is 0. The molecule has 0 aliphatic rings. The van der Waals surface area contributed by atoms with Crippen molar-refractivity contribution in [2.24, 2.45) is 0 Å². The summed E-state index contributed by atoms with van der Waals surface area (Å²) < 4.78 is 0. The zero-order valence-corrected chi connectivity index (χ0v) is 60.8. The van der Waals surface area contributed by atoms with Gasteiger partial charge in [0.25, 0.3) is 0 Å². The summed E-state index contributed by atoms with van der Waals surface area (Å²) in [6.45, 7) is 0. The van der Waals surface area contributed by atoms with E-state index in [1.165, 1.54) is 0 Å². The molecule has 0 unspecified atom stereocenters. The van der Waals surface area contributed by atoms with Crippen molar-refractivity contribution in [2.45, 2.75) is 0 Å². The Morgan fingerprint density at radius 3 is 0.0282 bits per heavy atom. The molecule has 0 aromatic heterocycles. The molecule has 0 fully saturated rings. The van der Waals surface area contributed by atoms with E-state index < -0.39 is 0 Å². The molecule has 0 spiro atoms. The van der Waals surface area contributed by atoms with E-state index in [2.05, 4.69) is 0 Å². The first-order valence-corrected chi connectivity index (χ1v) is 0. The minimum absolute atomic E-state index is 0. The molecule has 0 rings (SSSR count).